The van der Waals surface area contributed by atoms with Crippen molar-refractivity contribution in [3.8, 4) is 5.75 Å². The number of nitro groups is 1. The molecule has 0 radical (unpaired) electrons. The summed E-state index contributed by atoms with van der Waals surface area (Å²) in [6.07, 6.45) is 0. The Labute approximate surface area is 112 Å². The van der Waals surface area contributed by atoms with Crippen LogP contribution in [0.5, 0.6) is 5.75 Å². The predicted octanol–water partition coefficient (Wildman–Crippen LogP) is 0.0465. The molecule has 1 heterocycles. The minimum Gasteiger partial charge on any atom is -0.490 e. The maximum Gasteiger partial charge on any atom is 0.310 e. The molecule has 2 N–H and O–H groups in total. The van der Waals surface area contributed by atoms with Crippen molar-refractivity contribution < 1.29 is 14.5 Å². The second kappa shape index (κ2) is 5.73. The van der Waals surface area contributed by atoms with Gasteiger partial charge in [-0.15, -0.1) is 10.2 Å². The number of tetrazole rings is 1. The lowest BCUT2D eigenvalue weighted by molar-refractivity contribution is -0.385. The van der Waals surface area contributed by atoms with Crippen molar-refractivity contribution in [2.24, 2.45) is 0 Å². The number of hydrogen-bond donors (Lipinski definition) is 2. The zero-order chi connectivity index (χ0) is 14.5. The van der Waals surface area contributed by atoms with E-state index in [0.717, 1.165) is 0 Å². The Balaban J connectivity index is 2.12. The summed E-state index contributed by atoms with van der Waals surface area (Å²) in [5.74, 6) is -0.0857. The minimum absolute atomic E-state index is 0.0159. The molecule has 20 heavy (non-hydrogen) atoms. The molecule has 1 aromatic carbocycles. The van der Waals surface area contributed by atoms with Crippen molar-refractivity contribution >= 4 is 11.6 Å². The van der Waals surface area contributed by atoms with Crippen LogP contribution in [0.3, 0.4) is 0 Å². The molecule has 0 aliphatic heterocycles. The van der Waals surface area contributed by atoms with Gasteiger partial charge in [0, 0.05) is 17.7 Å². The monoisotopic (exact) mass is 278 g/mol. The molecule has 2 aromatic rings. The largest absolute Gasteiger partial charge is 0.490 e. The first-order valence-electron chi connectivity index (χ1n) is 5.44. The van der Waals surface area contributed by atoms with Crippen LogP contribution in [0.4, 0.5) is 5.69 Å². The van der Waals surface area contributed by atoms with Crippen molar-refractivity contribution in [1.29, 1.82) is 0 Å². The van der Waals surface area contributed by atoms with Gasteiger partial charge in [0.25, 0.3) is 5.91 Å². The molecule has 0 fully saturated rings. The smallest absolute Gasteiger partial charge is 0.310 e. The number of methoxy groups -OCH3 is 1. The van der Waals surface area contributed by atoms with Gasteiger partial charge < -0.3 is 10.1 Å². The van der Waals surface area contributed by atoms with Gasteiger partial charge in [0.15, 0.2) is 11.6 Å². The van der Waals surface area contributed by atoms with Gasteiger partial charge in [-0.05, 0) is 6.07 Å². The van der Waals surface area contributed by atoms with E-state index in [9.17, 15) is 14.9 Å². The molecule has 10 heteroatoms. The van der Waals surface area contributed by atoms with E-state index in [4.69, 9.17) is 4.74 Å². The number of H-pyrrole nitrogens is 1. The quantitative estimate of drug-likeness (QED) is 0.582. The van der Waals surface area contributed by atoms with Crippen molar-refractivity contribution in [2.45, 2.75) is 6.54 Å². The van der Waals surface area contributed by atoms with Crippen LogP contribution < -0.4 is 10.1 Å². The fourth-order valence-electron chi connectivity index (χ4n) is 1.49. The fourth-order valence-corrected chi connectivity index (χ4v) is 1.49. The van der Waals surface area contributed by atoms with Crippen molar-refractivity contribution in [3.63, 3.8) is 0 Å². The molecule has 2 rings (SSSR count). The van der Waals surface area contributed by atoms with Crippen LogP contribution in [0.15, 0.2) is 18.2 Å². The molecular weight excluding hydrogens is 268 g/mol. The van der Waals surface area contributed by atoms with E-state index in [1.54, 1.807) is 0 Å². The van der Waals surface area contributed by atoms with Gasteiger partial charge in [0.2, 0.25) is 0 Å². The molecule has 0 bridgehead atoms. The Morgan fingerprint density at radius 3 is 2.95 bits per heavy atom. The Morgan fingerprint density at radius 1 is 1.55 bits per heavy atom. The molecule has 0 aliphatic rings. The molecule has 10 nitrogen and oxygen atoms in total. The summed E-state index contributed by atoms with van der Waals surface area (Å²) in [5.41, 5.74) is 0.0261. The first kappa shape index (κ1) is 13.4. The van der Waals surface area contributed by atoms with Crippen LogP contribution in [-0.2, 0) is 6.54 Å². The third-order valence-corrected chi connectivity index (χ3v) is 2.43. The molecule has 0 unspecified atom stereocenters. The Kier molecular flexibility index (Phi) is 3.84. The summed E-state index contributed by atoms with van der Waals surface area (Å²) in [6, 6.07) is 3.85. The Bertz CT molecular complexity index is 627. The van der Waals surface area contributed by atoms with Crippen LogP contribution in [0.25, 0.3) is 0 Å². The first-order valence-corrected chi connectivity index (χ1v) is 5.44. The fraction of sp³-hybridized carbons (Fsp3) is 0.200. The molecule has 1 aromatic heterocycles. The molecule has 104 valence electrons. The maximum absolute atomic E-state index is 11.9. The van der Waals surface area contributed by atoms with Crippen LogP contribution in [0.1, 0.15) is 16.2 Å². The summed E-state index contributed by atoms with van der Waals surface area (Å²) in [6.45, 7) is 0.0919. The number of nitrogens with one attached hydrogen (secondary N) is 2. The van der Waals surface area contributed by atoms with Gasteiger partial charge in [-0.2, -0.15) is 5.21 Å². The minimum atomic E-state index is -0.584. The lowest BCUT2D eigenvalue weighted by atomic mass is 10.1. The van der Waals surface area contributed by atoms with Crippen molar-refractivity contribution in [2.75, 3.05) is 7.11 Å². The first-order chi connectivity index (χ1) is 9.61. The SMILES string of the molecule is COc1cc(C(=O)NCc2nn[nH]n2)ccc1[N+](=O)[O-]. The lowest BCUT2D eigenvalue weighted by Crippen LogP contribution is -2.23. The number of hydrogen-bond acceptors (Lipinski definition) is 7. The van der Waals surface area contributed by atoms with E-state index in [1.165, 1.54) is 25.3 Å². The highest BCUT2D eigenvalue weighted by atomic mass is 16.6. The van der Waals surface area contributed by atoms with Crippen LogP contribution in [-0.4, -0.2) is 38.6 Å². The van der Waals surface area contributed by atoms with E-state index in [-0.39, 0.29) is 23.5 Å². The molecule has 0 atom stereocenters. The highest BCUT2D eigenvalue weighted by molar-refractivity contribution is 5.94. The average Bonchev–Trinajstić information content (AvgIpc) is 2.97. The second-order valence-corrected chi connectivity index (χ2v) is 3.65. The van der Waals surface area contributed by atoms with Crippen LogP contribution in [0.2, 0.25) is 0 Å². The number of benzene rings is 1. The molecule has 0 saturated carbocycles. The molecule has 0 spiro atoms. The van der Waals surface area contributed by atoms with E-state index in [0.29, 0.717) is 5.82 Å². The van der Waals surface area contributed by atoms with E-state index >= 15 is 0 Å². The predicted molar refractivity (Wildman–Crippen MR) is 65.0 cm³/mol. The summed E-state index contributed by atoms with van der Waals surface area (Å²) >= 11 is 0. The number of ether oxygens (including phenoxy) is 1. The molecule has 1 amide bonds. The number of nitro benzene ring substituents is 1. The van der Waals surface area contributed by atoms with Gasteiger partial charge in [0.1, 0.15) is 0 Å². The van der Waals surface area contributed by atoms with E-state index in [1.807, 2.05) is 0 Å². The van der Waals surface area contributed by atoms with Gasteiger partial charge in [-0.1, -0.05) is 5.21 Å². The van der Waals surface area contributed by atoms with Crippen molar-refractivity contribution in [1.82, 2.24) is 25.9 Å². The van der Waals surface area contributed by atoms with Gasteiger partial charge >= 0.3 is 5.69 Å². The summed E-state index contributed by atoms with van der Waals surface area (Å²) in [4.78, 5) is 22.0. The molecular formula is C10H10N6O4. The number of aromatic amines is 1. The average molecular weight is 278 g/mol. The highest BCUT2D eigenvalue weighted by Gasteiger charge is 2.17. The van der Waals surface area contributed by atoms with Gasteiger partial charge in [-0.3, -0.25) is 14.9 Å². The topological polar surface area (TPSA) is 136 Å². The maximum atomic E-state index is 11.9. The van der Waals surface area contributed by atoms with Crippen LogP contribution >= 0.6 is 0 Å². The molecule has 0 aliphatic carbocycles. The summed E-state index contributed by atoms with van der Waals surface area (Å²) in [5, 5.41) is 26.3. The number of carbonyl (C=O) groups is 1. The summed E-state index contributed by atoms with van der Waals surface area (Å²) in [7, 11) is 1.29. The number of carbonyl (C=O) groups excluding carboxylic acids is 1. The Morgan fingerprint density at radius 2 is 2.35 bits per heavy atom. The number of aromatic nitrogens is 4. The number of rotatable bonds is 5. The van der Waals surface area contributed by atoms with E-state index < -0.39 is 10.8 Å². The van der Waals surface area contributed by atoms with Crippen molar-refractivity contribution in [3.05, 3.63) is 39.7 Å². The van der Waals surface area contributed by atoms with Gasteiger partial charge in [-0.25, -0.2) is 0 Å². The zero-order valence-corrected chi connectivity index (χ0v) is 10.4. The lowest BCUT2D eigenvalue weighted by Gasteiger charge is -2.05. The summed E-state index contributed by atoms with van der Waals surface area (Å²) < 4.78 is 4.89. The van der Waals surface area contributed by atoms with Crippen LogP contribution in [0, 0.1) is 10.1 Å². The zero-order valence-electron chi connectivity index (χ0n) is 10.4. The normalized spacial score (nSPS) is 10.1. The Hall–Kier alpha value is -3.04. The number of nitrogens with zero attached hydrogens (tertiary/aromatic N) is 4. The number of amides is 1. The molecule has 0 saturated heterocycles. The standard InChI is InChI=1S/C10H10N6O4/c1-20-8-4-6(2-3-7(8)16(18)19)10(17)11-5-9-12-14-15-13-9/h2-4H,5H2,1H3,(H,11,17)(H,12,13,14,15). The highest BCUT2D eigenvalue weighted by Crippen LogP contribution is 2.27. The third-order valence-electron chi connectivity index (χ3n) is 2.43. The van der Waals surface area contributed by atoms with E-state index in [2.05, 4.69) is 25.9 Å². The second-order valence-electron chi connectivity index (χ2n) is 3.65. The third kappa shape index (κ3) is 2.85. The van der Waals surface area contributed by atoms with Gasteiger partial charge in [0.05, 0.1) is 18.6 Å².